The van der Waals surface area contributed by atoms with Crippen molar-refractivity contribution in [1.82, 2.24) is 15.5 Å². The van der Waals surface area contributed by atoms with Crippen LogP contribution in [0.4, 0.5) is 4.39 Å². The fourth-order valence-corrected chi connectivity index (χ4v) is 2.01. The number of nitrogens with one attached hydrogen (secondary N) is 2. The first kappa shape index (κ1) is 17.9. The molecule has 6 heteroatoms. The van der Waals surface area contributed by atoms with Crippen LogP contribution in [0.2, 0.25) is 0 Å². The van der Waals surface area contributed by atoms with E-state index in [1.54, 1.807) is 13.1 Å². The van der Waals surface area contributed by atoms with E-state index in [0.717, 1.165) is 12.0 Å². The Morgan fingerprint density at radius 2 is 2.09 bits per heavy atom. The van der Waals surface area contributed by atoms with Crippen LogP contribution in [-0.2, 0) is 11.3 Å². The predicted molar refractivity (Wildman–Crippen MR) is 87.1 cm³/mol. The highest BCUT2D eigenvalue weighted by Gasteiger charge is 2.08. The van der Waals surface area contributed by atoms with Crippen LogP contribution >= 0.6 is 0 Å². The van der Waals surface area contributed by atoms with Crippen LogP contribution in [0.3, 0.4) is 0 Å². The van der Waals surface area contributed by atoms with E-state index in [-0.39, 0.29) is 11.7 Å². The highest BCUT2D eigenvalue weighted by atomic mass is 19.1. The molecular weight excluding hydrogens is 283 g/mol. The van der Waals surface area contributed by atoms with Gasteiger partial charge in [0, 0.05) is 40.2 Å². The molecule has 0 spiro atoms. The normalized spacial score (nSPS) is 11.2. The molecule has 0 aliphatic rings. The highest BCUT2D eigenvalue weighted by molar-refractivity contribution is 5.81. The zero-order valence-electron chi connectivity index (χ0n) is 13.5. The fourth-order valence-electron chi connectivity index (χ4n) is 2.01. The Hall–Kier alpha value is -2.11. The highest BCUT2D eigenvalue weighted by Crippen LogP contribution is 2.06. The van der Waals surface area contributed by atoms with Gasteiger partial charge in [0.2, 0.25) is 5.91 Å². The first-order chi connectivity index (χ1) is 10.6. The molecule has 0 bridgehead atoms. The van der Waals surface area contributed by atoms with Crippen molar-refractivity contribution in [2.45, 2.75) is 26.3 Å². The molecule has 1 aromatic rings. The molecule has 22 heavy (non-hydrogen) atoms. The molecule has 0 atom stereocenters. The van der Waals surface area contributed by atoms with Crippen LogP contribution in [-0.4, -0.2) is 44.0 Å². The van der Waals surface area contributed by atoms with E-state index in [2.05, 4.69) is 15.6 Å². The third-order valence-corrected chi connectivity index (χ3v) is 3.09. The summed E-state index contributed by atoms with van der Waals surface area (Å²) in [6.07, 6.45) is 1.32. The average molecular weight is 308 g/mol. The van der Waals surface area contributed by atoms with Gasteiger partial charge >= 0.3 is 0 Å². The lowest BCUT2D eigenvalue weighted by Gasteiger charge is -2.22. The quantitative estimate of drug-likeness (QED) is 0.596. The molecule has 2 N–H and O–H groups in total. The number of aliphatic imine (C=N–C) groups is 1. The zero-order chi connectivity index (χ0) is 16.4. The van der Waals surface area contributed by atoms with Crippen molar-refractivity contribution in [3.8, 4) is 0 Å². The fraction of sp³-hybridized carbons (Fsp3) is 0.500. The number of hydrogen-bond acceptors (Lipinski definition) is 2. The van der Waals surface area contributed by atoms with Gasteiger partial charge in [0.05, 0.1) is 0 Å². The van der Waals surface area contributed by atoms with E-state index >= 15 is 0 Å². The maximum Gasteiger partial charge on any atom is 0.221 e. The number of benzene rings is 1. The Morgan fingerprint density at radius 1 is 1.32 bits per heavy atom. The van der Waals surface area contributed by atoms with Crippen molar-refractivity contribution < 1.29 is 9.18 Å². The Bertz CT molecular complexity index is 505. The Balaban J connectivity index is 2.42. The molecule has 1 rings (SSSR count). The van der Waals surface area contributed by atoms with Gasteiger partial charge < -0.3 is 15.5 Å². The molecule has 0 aliphatic carbocycles. The van der Waals surface area contributed by atoms with Crippen LogP contribution in [0.15, 0.2) is 29.3 Å². The molecule has 5 nitrogen and oxygen atoms in total. The van der Waals surface area contributed by atoms with E-state index in [1.165, 1.54) is 12.1 Å². The van der Waals surface area contributed by atoms with Crippen molar-refractivity contribution >= 4 is 11.9 Å². The minimum Gasteiger partial charge on any atom is -0.356 e. The van der Waals surface area contributed by atoms with Crippen molar-refractivity contribution in [2.75, 3.05) is 27.2 Å². The SMILES string of the molecule is CCCNC(=O)CCNC(=NC)N(C)Cc1cccc(F)c1. The van der Waals surface area contributed by atoms with Crippen LogP contribution in [0.1, 0.15) is 25.3 Å². The summed E-state index contributed by atoms with van der Waals surface area (Å²) >= 11 is 0. The van der Waals surface area contributed by atoms with Gasteiger partial charge in [-0.25, -0.2) is 4.39 Å². The van der Waals surface area contributed by atoms with Gasteiger partial charge in [-0.1, -0.05) is 19.1 Å². The number of rotatable bonds is 7. The molecule has 1 aromatic carbocycles. The van der Waals surface area contributed by atoms with Crippen LogP contribution in [0.5, 0.6) is 0 Å². The second-order valence-corrected chi connectivity index (χ2v) is 5.06. The van der Waals surface area contributed by atoms with Crippen LogP contribution in [0.25, 0.3) is 0 Å². The minimum atomic E-state index is -0.249. The standard InChI is InChI=1S/C16H25FN4O/c1-4-9-19-15(22)8-10-20-16(18-2)21(3)12-13-6-5-7-14(17)11-13/h5-7,11H,4,8-10,12H2,1-3H3,(H,18,20)(H,19,22). The molecule has 0 aromatic heterocycles. The van der Waals surface area contributed by atoms with Gasteiger partial charge in [-0.3, -0.25) is 9.79 Å². The summed E-state index contributed by atoms with van der Waals surface area (Å²) in [6.45, 7) is 3.77. The van der Waals surface area contributed by atoms with Gasteiger partial charge in [0.15, 0.2) is 5.96 Å². The first-order valence-corrected chi connectivity index (χ1v) is 7.49. The molecule has 0 radical (unpaired) electrons. The smallest absolute Gasteiger partial charge is 0.221 e. The van der Waals surface area contributed by atoms with Gasteiger partial charge in [-0.2, -0.15) is 0 Å². The minimum absolute atomic E-state index is 0.0255. The molecule has 0 heterocycles. The topological polar surface area (TPSA) is 56.7 Å². The lowest BCUT2D eigenvalue weighted by molar-refractivity contribution is -0.120. The van der Waals surface area contributed by atoms with E-state index in [9.17, 15) is 9.18 Å². The second-order valence-electron chi connectivity index (χ2n) is 5.06. The van der Waals surface area contributed by atoms with Crippen molar-refractivity contribution in [3.63, 3.8) is 0 Å². The maximum atomic E-state index is 13.2. The Kier molecular flexibility index (Phi) is 7.96. The first-order valence-electron chi connectivity index (χ1n) is 7.49. The summed E-state index contributed by atoms with van der Waals surface area (Å²) < 4.78 is 13.2. The van der Waals surface area contributed by atoms with Gasteiger partial charge in [-0.15, -0.1) is 0 Å². The molecule has 0 unspecified atom stereocenters. The number of guanidine groups is 1. The molecule has 1 amide bonds. The van der Waals surface area contributed by atoms with Crippen LogP contribution < -0.4 is 10.6 Å². The molecular formula is C16H25FN4O. The summed E-state index contributed by atoms with van der Waals surface area (Å²) in [5.41, 5.74) is 0.867. The Morgan fingerprint density at radius 3 is 2.73 bits per heavy atom. The molecule has 0 saturated heterocycles. The van der Waals surface area contributed by atoms with E-state index in [1.807, 2.05) is 24.9 Å². The molecule has 0 aliphatic heterocycles. The van der Waals surface area contributed by atoms with Crippen molar-refractivity contribution in [2.24, 2.45) is 4.99 Å². The second kappa shape index (κ2) is 9.76. The average Bonchev–Trinajstić information content (AvgIpc) is 2.49. The maximum absolute atomic E-state index is 13.2. The largest absolute Gasteiger partial charge is 0.356 e. The van der Waals surface area contributed by atoms with Gasteiger partial charge in [-0.05, 0) is 24.1 Å². The summed E-state index contributed by atoms with van der Waals surface area (Å²) in [5, 5.41) is 5.96. The third-order valence-electron chi connectivity index (χ3n) is 3.09. The van der Waals surface area contributed by atoms with Crippen molar-refractivity contribution in [3.05, 3.63) is 35.6 Å². The lowest BCUT2D eigenvalue weighted by Crippen LogP contribution is -2.40. The van der Waals surface area contributed by atoms with Crippen LogP contribution in [0, 0.1) is 5.82 Å². The number of carbonyl (C=O) groups is 1. The number of amides is 1. The van der Waals surface area contributed by atoms with Gasteiger partial charge in [0.1, 0.15) is 5.82 Å². The summed E-state index contributed by atoms with van der Waals surface area (Å²) in [4.78, 5) is 17.6. The monoisotopic (exact) mass is 308 g/mol. The third kappa shape index (κ3) is 6.56. The van der Waals surface area contributed by atoms with Crippen molar-refractivity contribution in [1.29, 1.82) is 0 Å². The number of carbonyl (C=O) groups excluding carboxylic acids is 1. The van der Waals surface area contributed by atoms with Gasteiger partial charge in [0.25, 0.3) is 0 Å². The zero-order valence-corrected chi connectivity index (χ0v) is 13.5. The Labute approximate surface area is 131 Å². The summed E-state index contributed by atoms with van der Waals surface area (Å²) in [6, 6.07) is 6.48. The molecule has 0 saturated carbocycles. The summed E-state index contributed by atoms with van der Waals surface area (Å²) in [7, 11) is 3.55. The van der Waals surface area contributed by atoms with E-state index in [0.29, 0.717) is 32.0 Å². The number of hydrogen-bond donors (Lipinski definition) is 2. The predicted octanol–water partition coefficient (Wildman–Crippen LogP) is 1.75. The lowest BCUT2D eigenvalue weighted by atomic mass is 10.2. The molecule has 122 valence electrons. The van der Waals surface area contributed by atoms with E-state index < -0.39 is 0 Å². The number of halogens is 1. The molecule has 0 fully saturated rings. The summed E-state index contributed by atoms with van der Waals surface area (Å²) in [5.74, 6) is 0.451. The van der Waals surface area contributed by atoms with E-state index in [4.69, 9.17) is 0 Å². The number of nitrogens with zero attached hydrogens (tertiary/aromatic N) is 2.